The second-order valence-electron chi connectivity index (χ2n) is 5.10. The number of rotatable bonds is 7. The molecule has 7 nitrogen and oxygen atoms in total. The van der Waals surface area contributed by atoms with E-state index in [1.54, 1.807) is 0 Å². The topological polar surface area (TPSA) is 88.8 Å². The highest BCUT2D eigenvalue weighted by Gasteiger charge is 2.12. The summed E-state index contributed by atoms with van der Waals surface area (Å²) in [6.07, 6.45) is 2.07. The van der Waals surface area contributed by atoms with E-state index in [9.17, 15) is 0 Å². The van der Waals surface area contributed by atoms with Gasteiger partial charge in [0, 0.05) is 31.0 Å². The van der Waals surface area contributed by atoms with Gasteiger partial charge in [0.25, 0.3) is 0 Å². The summed E-state index contributed by atoms with van der Waals surface area (Å²) in [7, 11) is 0. The highest BCUT2D eigenvalue weighted by atomic mass is 16.5. The molecule has 7 heteroatoms. The Bertz CT molecular complexity index is 567. The molecule has 21 heavy (non-hydrogen) atoms. The van der Waals surface area contributed by atoms with Crippen molar-refractivity contribution in [2.45, 2.75) is 40.0 Å². The lowest BCUT2D eigenvalue weighted by molar-refractivity contribution is 0.379. The summed E-state index contributed by atoms with van der Waals surface area (Å²) in [5, 5.41) is 10.2. The molecule has 0 aliphatic heterocycles. The van der Waals surface area contributed by atoms with Crippen molar-refractivity contribution in [2.75, 3.05) is 23.7 Å². The van der Waals surface area contributed by atoms with Crippen molar-refractivity contribution >= 4 is 11.6 Å². The highest BCUT2D eigenvalue weighted by molar-refractivity contribution is 5.57. The van der Waals surface area contributed by atoms with E-state index >= 15 is 0 Å². The lowest BCUT2D eigenvalue weighted by Gasteiger charge is -2.15. The van der Waals surface area contributed by atoms with Crippen molar-refractivity contribution < 1.29 is 4.52 Å². The summed E-state index contributed by atoms with van der Waals surface area (Å²) in [5.74, 6) is 3.46. The van der Waals surface area contributed by atoms with Gasteiger partial charge in [0.1, 0.15) is 17.5 Å². The van der Waals surface area contributed by atoms with Crippen LogP contribution >= 0.6 is 0 Å². The first kappa shape index (κ1) is 15.2. The summed E-state index contributed by atoms with van der Waals surface area (Å²) < 4.78 is 4.98. The smallest absolute Gasteiger partial charge is 0.228 e. The SMILES string of the molecule is CCNc1nc(C(C)C)nc(NCCc2ncno2)c1C. The van der Waals surface area contributed by atoms with E-state index in [1.807, 2.05) is 6.92 Å². The van der Waals surface area contributed by atoms with Gasteiger partial charge < -0.3 is 15.2 Å². The first-order valence-electron chi connectivity index (χ1n) is 7.23. The van der Waals surface area contributed by atoms with Crippen LogP contribution in [0.15, 0.2) is 10.9 Å². The quantitative estimate of drug-likeness (QED) is 0.809. The van der Waals surface area contributed by atoms with Crippen LogP contribution < -0.4 is 10.6 Å². The van der Waals surface area contributed by atoms with Gasteiger partial charge in [0.15, 0.2) is 6.33 Å². The van der Waals surface area contributed by atoms with E-state index in [4.69, 9.17) is 4.52 Å². The van der Waals surface area contributed by atoms with Gasteiger partial charge in [-0.3, -0.25) is 0 Å². The zero-order valence-corrected chi connectivity index (χ0v) is 13.0. The molecule has 0 aliphatic carbocycles. The Morgan fingerprint density at radius 1 is 1.19 bits per heavy atom. The van der Waals surface area contributed by atoms with E-state index in [0.29, 0.717) is 18.9 Å². The van der Waals surface area contributed by atoms with Crippen LogP contribution in [0.4, 0.5) is 11.6 Å². The lowest BCUT2D eigenvalue weighted by Crippen LogP contribution is -2.13. The Kier molecular flexibility index (Phi) is 5.08. The molecule has 0 radical (unpaired) electrons. The van der Waals surface area contributed by atoms with Crippen LogP contribution in [0.1, 0.15) is 44.0 Å². The van der Waals surface area contributed by atoms with E-state index in [1.165, 1.54) is 6.33 Å². The third-order valence-corrected chi connectivity index (χ3v) is 3.06. The molecule has 2 aromatic rings. The second kappa shape index (κ2) is 7.01. The molecule has 0 aliphatic rings. The fourth-order valence-corrected chi connectivity index (χ4v) is 1.90. The molecule has 0 unspecified atom stereocenters. The maximum absolute atomic E-state index is 4.98. The molecule has 114 valence electrons. The molecule has 2 heterocycles. The standard InChI is InChI=1S/C14H22N6O/c1-5-15-13-10(4)14(20-12(19-13)9(2)3)16-7-6-11-17-8-18-21-11/h8-9H,5-7H2,1-4H3,(H2,15,16,19,20). The van der Waals surface area contributed by atoms with Gasteiger partial charge in [0.2, 0.25) is 5.89 Å². The van der Waals surface area contributed by atoms with Crippen molar-refractivity contribution in [1.29, 1.82) is 0 Å². The maximum atomic E-state index is 4.98. The van der Waals surface area contributed by atoms with Crippen molar-refractivity contribution in [3.05, 3.63) is 23.6 Å². The normalized spacial score (nSPS) is 10.9. The molecule has 2 aromatic heterocycles. The molecule has 0 saturated heterocycles. The van der Waals surface area contributed by atoms with Gasteiger partial charge in [0.05, 0.1) is 0 Å². The maximum Gasteiger partial charge on any atom is 0.228 e. The van der Waals surface area contributed by atoms with Crippen LogP contribution in [-0.2, 0) is 6.42 Å². The summed E-state index contributed by atoms with van der Waals surface area (Å²) in [6, 6.07) is 0. The molecular weight excluding hydrogens is 268 g/mol. The molecule has 0 fully saturated rings. The number of nitrogens with one attached hydrogen (secondary N) is 2. The third kappa shape index (κ3) is 3.90. The van der Waals surface area contributed by atoms with Crippen LogP contribution in [0.2, 0.25) is 0 Å². The molecule has 0 spiro atoms. The minimum atomic E-state index is 0.277. The predicted octanol–water partition coefficient (Wildman–Crippen LogP) is 2.38. The fourth-order valence-electron chi connectivity index (χ4n) is 1.90. The van der Waals surface area contributed by atoms with Crippen molar-refractivity contribution in [3.8, 4) is 0 Å². The third-order valence-electron chi connectivity index (χ3n) is 3.06. The van der Waals surface area contributed by atoms with Gasteiger partial charge in [-0.1, -0.05) is 19.0 Å². The number of anilines is 2. The zero-order chi connectivity index (χ0) is 15.2. The van der Waals surface area contributed by atoms with E-state index in [0.717, 1.165) is 29.6 Å². The van der Waals surface area contributed by atoms with Crippen LogP contribution in [0, 0.1) is 6.92 Å². The highest BCUT2D eigenvalue weighted by Crippen LogP contribution is 2.23. The first-order valence-corrected chi connectivity index (χ1v) is 7.23. The minimum Gasteiger partial charge on any atom is -0.370 e. The van der Waals surface area contributed by atoms with Gasteiger partial charge in [-0.15, -0.1) is 0 Å². The van der Waals surface area contributed by atoms with Crippen LogP contribution in [0.3, 0.4) is 0 Å². The molecule has 0 saturated carbocycles. The average Bonchev–Trinajstić information content (AvgIpc) is 2.96. The number of aromatic nitrogens is 4. The lowest BCUT2D eigenvalue weighted by atomic mass is 10.2. The molecule has 0 bridgehead atoms. The molecule has 2 N–H and O–H groups in total. The summed E-state index contributed by atoms with van der Waals surface area (Å²) >= 11 is 0. The predicted molar refractivity (Wildman–Crippen MR) is 81.5 cm³/mol. The number of hydrogen-bond donors (Lipinski definition) is 2. The van der Waals surface area contributed by atoms with Crippen LogP contribution in [0.25, 0.3) is 0 Å². The summed E-state index contributed by atoms with van der Waals surface area (Å²) in [5.41, 5.74) is 1.02. The van der Waals surface area contributed by atoms with Crippen molar-refractivity contribution in [2.24, 2.45) is 0 Å². The Balaban J connectivity index is 2.12. The van der Waals surface area contributed by atoms with Crippen LogP contribution in [0.5, 0.6) is 0 Å². The average molecular weight is 290 g/mol. The van der Waals surface area contributed by atoms with Crippen molar-refractivity contribution in [1.82, 2.24) is 20.1 Å². The summed E-state index contributed by atoms with van der Waals surface area (Å²) in [6.45, 7) is 9.75. The monoisotopic (exact) mass is 290 g/mol. The van der Waals surface area contributed by atoms with Gasteiger partial charge in [-0.25, -0.2) is 9.97 Å². The summed E-state index contributed by atoms with van der Waals surface area (Å²) in [4.78, 5) is 13.2. The van der Waals surface area contributed by atoms with Gasteiger partial charge in [-0.2, -0.15) is 4.98 Å². The number of nitrogens with zero attached hydrogens (tertiary/aromatic N) is 4. The molecular formula is C14H22N6O. The fraction of sp³-hybridized carbons (Fsp3) is 0.571. The van der Waals surface area contributed by atoms with Gasteiger partial charge >= 0.3 is 0 Å². The Hall–Kier alpha value is -2.18. The van der Waals surface area contributed by atoms with E-state index in [2.05, 4.69) is 51.5 Å². The van der Waals surface area contributed by atoms with Gasteiger partial charge in [-0.05, 0) is 13.8 Å². The van der Waals surface area contributed by atoms with Crippen LogP contribution in [-0.4, -0.2) is 33.2 Å². The zero-order valence-electron chi connectivity index (χ0n) is 13.0. The Labute approximate surface area is 124 Å². The molecule has 0 amide bonds. The first-order chi connectivity index (χ1) is 10.1. The second-order valence-corrected chi connectivity index (χ2v) is 5.10. The van der Waals surface area contributed by atoms with E-state index < -0.39 is 0 Å². The minimum absolute atomic E-state index is 0.277. The number of hydrogen-bond acceptors (Lipinski definition) is 7. The molecule has 2 rings (SSSR count). The van der Waals surface area contributed by atoms with E-state index in [-0.39, 0.29) is 5.92 Å². The molecule has 0 aromatic carbocycles. The Morgan fingerprint density at radius 3 is 2.48 bits per heavy atom. The van der Waals surface area contributed by atoms with Crippen molar-refractivity contribution in [3.63, 3.8) is 0 Å². The largest absolute Gasteiger partial charge is 0.370 e. The molecule has 0 atom stereocenters. The Morgan fingerprint density at radius 2 is 1.90 bits per heavy atom.